The van der Waals surface area contributed by atoms with Crippen molar-refractivity contribution in [2.75, 3.05) is 46.5 Å². The minimum atomic E-state index is -0.154. The van der Waals surface area contributed by atoms with E-state index in [1.165, 1.54) is 12.4 Å². The number of hydrogen-bond donors (Lipinski definition) is 0. The van der Waals surface area contributed by atoms with Crippen molar-refractivity contribution in [3.8, 4) is 5.75 Å². The maximum atomic E-state index is 13.3. The summed E-state index contributed by atoms with van der Waals surface area (Å²) in [5.41, 5.74) is 0.966. The smallest absolute Gasteiger partial charge is 0.274 e. The highest BCUT2D eigenvalue weighted by Gasteiger charge is 2.36. The molecule has 5 rings (SSSR count). The molecular formula is C25H32N4O4. The molecule has 0 atom stereocenters. The standard InChI is InChI=1S/C25H32N4O4/c1-32-19-25-8-4-5-13-28(24(31)21-18-26-11-12-27-21)16-17-33-22-7-3-2-6-20(22)23(30)29(14-9-25)15-10-25/h2-3,6-7,11-12,18H,4-5,8-10,13-17,19H2,1H3. The molecule has 176 valence electrons. The molecule has 2 bridgehead atoms. The number of para-hydroxylation sites is 1. The number of carbonyl (C=O) groups excluding carboxylic acids is 2. The summed E-state index contributed by atoms with van der Waals surface area (Å²) >= 11 is 0. The van der Waals surface area contributed by atoms with Crippen molar-refractivity contribution in [2.24, 2.45) is 5.41 Å². The molecule has 1 aromatic heterocycles. The second kappa shape index (κ2) is 10.7. The molecule has 3 aliphatic rings. The maximum Gasteiger partial charge on any atom is 0.274 e. The number of amides is 2. The van der Waals surface area contributed by atoms with Crippen molar-refractivity contribution in [2.45, 2.75) is 32.1 Å². The van der Waals surface area contributed by atoms with Crippen LogP contribution in [0.15, 0.2) is 42.9 Å². The summed E-state index contributed by atoms with van der Waals surface area (Å²) in [6.45, 7) is 3.45. The molecule has 3 aliphatic heterocycles. The lowest BCUT2D eigenvalue weighted by atomic mass is 9.75. The molecule has 8 heteroatoms. The van der Waals surface area contributed by atoms with Gasteiger partial charge in [-0.1, -0.05) is 18.6 Å². The van der Waals surface area contributed by atoms with Crippen LogP contribution in [0.3, 0.4) is 0 Å². The van der Waals surface area contributed by atoms with Gasteiger partial charge in [0.25, 0.3) is 11.8 Å². The molecule has 1 saturated heterocycles. The number of hydrogen-bond acceptors (Lipinski definition) is 6. The third kappa shape index (κ3) is 5.50. The number of fused-ring (bicyclic) bond motifs is 9. The molecule has 0 radical (unpaired) electrons. The van der Waals surface area contributed by atoms with Crippen molar-refractivity contribution in [1.82, 2.24) is 19.8 Å². The second-order valence-corrected chi connectivity index (χ2v) is 8.91. The topological polar surface area (TPSA) is 84.9 Å². The summed E-state index contributed by atoms with van der Waals surface area (Å²) in [6.07, 6.45) is 9.30. The zero-order chi connectivity index (χ0) is 23.1. The van der Waals surface area contributed by atoms with E-state index >= 15 is 0 Å². The number of nitrogens with zero attached hydrogens (tertiary/aromatic N) is 4. The first-order valence-corrected chi connectivity index (χ1v) is 11.7. The Labute approximate surface area is 194 Å². The molecule has 0 spiro atoms. The average molecular weight is 453 g/mol. The van der Waals surface area contributed by atoms with Crippen LogP contribution < -0.4 is 4.74 Å². The van der Waals surface area contributed by atoms with Crippen molar-refractivity contribution < 1.29 is 19.1 Å². The molecule has 2 amide bonds. The Hall–Kier alpha value is -3.00. The Morgan fingerprint density at radius 2 is 1.91 bits per heavy atom. The van der Waals surface area contributed by atoms with Crippen LogP contribution in [0.2, 0.25) is 0 Å². The summed E-state index contributed by atoms with van der Waals surface area (Å²) in [4.78, 5) is 38.3. The maximum absolute atomic E-state index is 13.3. The number of ether oxygens (including phenoxy) is 2. The minimum absolute atomic E-state index is 0.000943. The van der Waals surface area contributed by atoms with Crippen LogP contribution in [0.5, 0.6) is 5.75 Å². The van der Waals surface area contributed by atoms with Gasteiger partial charge >= 0.3 is 0 Å². The molecule has 0 unspecified atom stereocenters. The van der Waals surface area contributed by atoms with Gasteiger partial charge in [0, 0.05) is 39.1 Å². The lowest BCUT2D eigenvalue weighted by Crippen LogP contribution is -2.45. The molecule has 2 aromatic rings. The van der Waals surface area contributed by atoms with E-state index in [-0.39, 0.29) is 17.2 Å². The van der Waals surface area contributed by atoms with Gasteiger partial charge in [-0.2, -0.15) is 0 Å². The molecule has 8 nitrogen and oxygen atoms in total. The van der Waals surface area contributed by atoms with Gasteiger partial charge in [0.1, 0.15) is 18.1 Å². The highest BCUT2D eigenvalue weighted by atomic mass is 16.5. The van der Waals surface area contributed by atoms with Gasteiger partial charge in [-0.05, 0) is 43.2 Å². The van der Waals surface area contributed by atoms with E-state index < -0.39 is 0 Å². The molecule has 33 heavy (non-hydrogen) atoms. The summed E-state index contributed by atoms with van der Waals surface area (Å²) in [6, 6.07) is 7.36. The Morgan fingerprint density at radius 3 is 2.67 bits per heavy atom. The fourth-order valence-corrected chi connectivity index (χ4v) is 4.85. The van der Waals surface area contributed by atoms with Crippen molar-refractivity contribution in [3.63, 3.8) is 0 Å². The van der Waals surface area contributed by atoms with Gasteiger partial charge in [-0.15, -0.1) is 0 Å². The zero-order valence-corrected chi connectivity index (χ0v) is 19.2. The number of methoxy groups -OCH3 is 1. The predicted octanol–water partition coefficient (Wildman–Crippen LogP) is 3.05. The summed E-state index contributed by atoms with van der Waals surface area (Å²) in [5, 5.41) is 0. The van der Waals surface area contributed by atoms with E-state index in [4.69, 9.17) is 9.47 Å². The Kier molecular flexibility index (Phi) is 7.54. The number of aromatic nitrogens is 2. The monoisotopic (exact) mass is 452 g/mol. The number of rotatable bonds is 3. The number of piperidine rings is 1. The first-order chi connectivity index (χ1) is 16.1. The second-order valence-electron chi connectivity index (χ2n) is 8.91. The van der Waals surface area contributed by atoms with Crippen LogP contribution in [-0.2, 0) is 4.74 Å². The minimum Gasteiger partial charge on any atom is -0.491 e. The van der Waals surface area contributed by atoms with Crippen LogP contribution in [0.1, 0.15) is 53.0 Å². The van der Waals surface area contributed by atoms with Gasteiger partial charge in [-0.25, -0.2) is 4.98 Å². The summed E-state index contributed by atoms with van der Waals surface area (Å²) in [5.74, 6) is 0.399. The Balaban J connectivity index is 1.57. The predicted molar refractivity (Wildman–Crippen MR) is 123 cm³/mol. The highest BCUT2D eigenvalue weighted by molar-refractivity contribution is 5.97. The quantitative estimate of drug-likeness (QED) is 0.712. The van der Waals surface area contributed by atoms with E-state index in [9.17, 15) is 9.59 Å². The van der Waals surface area contributed by atoms with E-state index in [2.05, 4.69) is 9.97 Å². The molecule has 4 heterocycles. The van der Waals surface area contributed by atoms with Crippen LogP contribution in [-0.4, -0.2) is 78.1 Å². The van der Waals surface area contributed by atoms with Crippen LogP contribution in [0.4, 0.5) is 0 Å². The van der Waals surface area contributed by atoms with E-state index in [1.807, 2.05) is 29.2 Å². The largest absolute Gasteiger partial charge is 0.491 e. The third-order valence-corrected chi connectivity index (χ3v) is 6.75. The average Bonchev–Trinajstić information content (AvgIpc) is 2.86. The van der Waals surface area contributed by atoms with Crippen LogP contribution >= 0.6 is 0 Å². The lowest BCUT2D eigenvalue weighted by Gasteiger charge is -2.41. The van der Waals surface area contributed by atoms with E-state index in [1.54, 1.807) is 18.2 Å². The molecule has 0 saturated carbocycles. The zero-order valence-electron chi connectivity index (χ0n) is 19.2. The van der Waals surface area contributed by atoms with Gasteiger partial charge in [0.15, 0.2) is 0 Å². The molecule has 0 N–H and O–H groups in total. The summed E-state index contributed by atoms with van der Waals surface area (Å²) in [7, 11) is 1.75. The molecular weight excluding hydrogens is 420 g/mol. The van der Waals surface area contributed by atoms with Crippen molar-refractivity contribution in [1.29, 1.82) is 0 Å². The van der Waals surface area contributed by atoms with Gasteiger partial charge in [0.05, 0.1) is 24.9 Å². The van der Waals surface area contributed by atoms with E-state index in [0.717, 1.165) is 32.1 Å². The Bertz CT molecular complexity index is 944. The molecule has 1 aromatic carbocycles. The van der Waals surface area contributed by atoms with Crippen molar-refractivity contribution >= 4 is 11.8 Å². The van der Waals surface area contributed by atoms with Gasteiger partial charge < -0.3 is 19.3 Å². The van der Waals surface area contributed by atoms with E-state index in [0.29, 0.717) is 56.4 Å². The van der Waals surface area contributed by atoms with Crippen LogP contribution in [0, 0.1) is 5.41 Å². The third-order valence-electron chi connectivity index (χ3n) is 6.75. The van der Waals surface area contributed by atoms with Crippen molar-refractivity contribution in [3.05, 3.63) is 54.1 Å². The first-order valence-electron chi connectivity index (χ1n) is 11.7. The van der Waals surface area contributed by atoms with Gasteiger partial charge in [0.2, 0.25) is 0 Å². The highest BCUT2D eigenvalue weighted by Crippen LogP contribution is 2.38. The summed E-state index contributed by atoms with van der Waals surface area (Å²) < 4.78 is 11.6. The Morgan fingerprint density at radius 1 is 1.09 bits per heavy atom. The molecule has 0 aliphatic carbocycles. The number of carbonyl (C=O) groups is 2. The van der Waals surface area contributed by atoms with Gasteiger partial charge in [-0.3, -0.25) is 14.6 Å². The fraction of sp³-hybridized carbons (Fsp3) is 0.520. The number of benzene rings is 1. The van der Waals surface area contributed by atoms with Crippen LogP contribution in [0.25, 0.3) is 0 Å². The SMILES string of the molecule is COCC12CCCCN(C(=O)c3cnccn3)CCOc3ccccc3C(=O)N(CC1)CC2. The normalized spacial score (nSPS) is 19.2. The lowest BCUT2D eigenvalue weighted by molar-refractivity contribution is 0.0136. The molecule has 1 fully saturated rings. The fourth-order valence-electron chi connectivity index (χ4n) is 4.85. The first kappa shape index (κ1) is 23.2.